The van der Waals surface area contributed by atoms with Crippen LogP contribution in [0.3, 0.4) is 0 Å². The van der Waals surface area contributed by atoms with E-state index in [2.05, 4.69) is 11.9 Å². The molecule has 0 spiro atoms. The van der Waals surface area contributed by atoms with Crippen LogP contribution >= 0.6 is 0 Å². The van der Waals surface area contributed by atoms with Crippen molar-refractivity contribution in [3.8, 4) is 0 Å². The highest BCUT2D eigenvalue weighted by Crippen LogP contribution is 2.32. The van der Waals surface area contributed by atoms with E-state index >= 15 is 0 Å². The Morgan fingerprint density at radius 2 is 2.08 bits per heavy atom. The van der Waals surface area contributed by atoms with E-state index in [1.807, 2.05) is 26.8 Å². The van der Waals surface area contributed by atoms with Crippen LogP contribution in [0.5, 0.6) is 0 Å². The zero-order chi connectivity index (χ0) is 18.1. The summed E-state index contributed by atoms with van der Waals surface area (Å²) in [7, 11) is 0. The molecule has 1 fully saturated rings. The predicted octanol–water partition coefficient (Wildman–Crippen LogP) is 4.21. The Balaban J connectivity index is 2.76. The molecule has 0 heterocycles. The van der Waals surface area contributed by atoms with Gasteiger partial charge >= 0.3 is 0 Å². The largest absolute Gasteiger partial charge is 0.349 e. The van der Waals surface area contributed by atoms with E-state index in [1.165, 1.54) is 19.3 Å². The smallest absolute Gasteiger partial charge is 0.223 e. The molecule has 1 aliphatic rings. The first-order valence-corrected chi connectivity index (χ1v) is 10.3. The fourth-order valence-electron chi connectivity index (χ4n) is 3.09. The van der Waals surface area contributed by atoms with Crippen LogP contribution in [0.25, 0.3) is 0 Å². The van der Waals surface area contributed by atoms with E-state index in [4.69, 9.17) is 0 Å². The summed E-state index contributed by atoms with van der Waals surface area (Å²) in [5.41, 5.74) is 1.94. The fourth-order valence-corrected chi connectivity index (χ4v) is 3.85. The van der Waals surface area contributed by atoms with Crippen LogP contribution in [-0.2, 0) is 15.9 Å². The van der Waals surface area contributed by atoms with Crippen molar-refractivity contribution in [1.82, 2.24) is 5.32 Å². The molecule has 2 N–H and O–H groups in total. The highest BCUT2D eigenvalue weighted by Gasteiger charge is 2.28. The van der Waals surface area contributed by atoms with Crippen LogP contribution in [0.1, 0.15) is 65.7 Å². The number of rotatable bonds is 11. The van der Waals surface area contributed by atoms with Crippen LogP contribution in [0.4, 0.5) is 0 Å². The summed E-state index contributed by atoms with van der Waals surface area (Å²) >= 11 is -1.89. The van der Waals surface area contributed by atoms with E-state index in [1.54, 1.807) is 0 Å². The predicted molar refractivity (Wildman–Crippen MR) is 101 cm³/mol. The highest BCUT2D eigenvalue weighted by molar-refractivity contribution is 7.79. The number of unbranched alkanes of at least 4 members (excludes halogenated alkanes) is 1. The lowest BCUT2D eigenvalue weighted by Gasteiger charge is -2.32. The molecule has 138 valence electrons. The van der Waals surface area contributed by atoms with E-state index in [9.17, 15) is 13.6 Å². The summed E-state index contributed by atoms with van der Waals surface area (Å²) < 4.78 is 20.7. The molecule has 1 aliphatic carbocycles. The minimum atomic E-state index is -1.89. The van der Waals surface area contributed by atoms with Crippen LogP contribution < -0.4 is 5.32 Å². The molecule has 0 radical (unpaired) electrons. The number of carbonyl (C=O) groups excluding carboxylic acids is 1. The molecule has 0 bridgehead atoms. The molecular weight excluding hydrogens is 322 g/mol. The monoisotopic (exact) mass is 355 g/mol. The van der Waals surface area contributed by atoms with E-state index in [0.29, 0.717) is 5.92 Å². The van der Waals surface area contributed by atoms with Crippen LogP contribution in [0, 0.1) is 11.8 Å². The van der Waals surface area contributed by atoms with Gasteiger partial charge in [0, 0.05) is 5.92 Å². The van der Waals surface area contributed by atoms with Gasteiger partial charge in [0.25, 0.3) is 0 Å². The molecule has 0 aromatic rings. The number of nitrogens with one attached hydrogen (secondary N) is 1. The van der Waals surface area contributed by atoms with Gasteiger partial charge in [0.2, 0.25) is 5.91 Å². The molecule has 4 nitrogen and oxygen atoms in total. The van der Waals surface area contributed by atoms with Gasteiger partial charge in [-0.15, -0.1) is 6.58 Å². The third-order valence-electron chi connectivity index (χ3n) is 4.95. The summed E-state index contributed by atoms with van der Waals surface area (Å²) in [6.07, 6.45) is 9.11. The number of hydrogen-bond acceptors (Lipinski definition) is 2. The van der Waals surface area contributed by atoms with Crippen LogP contribution in [0.15, 0.2) is 23.8 Å². The molecule has 5 heteroatoms. The van der Waals surface area contributed by atoms with Gasteiger partial charge in [0.15, 0.2) is 11.1 Å². The number of amides is 1. The molecule has 3 atom stereocenters. The Kier molecular flexibility index (Phi) is 9.52. The van der Waals surface area contributed by atoms with Gasteiger partial charge in [-0.2, -0.15) is 0 Å². The van der Waals surface area contributed by atoms with Crippen molar-refractivity contribution < 1.29 is 13.6 Å². The van der Waals surface area contributed by atoms with Crippen molar-refractivity contribution >= 4 is 17.0 Å². The Bertz CT molecular complexity index is 479. The average Bonchev–Trinajstić information content (AvgIpc) is 2.46. The normalized spacial score (nSPS) is 18.2. The maximum absolute atomic E-state index is 12.6. The Hall–Kier alpha value is -0.940. The van der Waals surface area contributed by atoms with Gasteiger partial charge in [0.1, 0.15) is 0 Å². The lowest BCUT2D eigenvalue weighted by Crippen LogP contribution is -2.42. The van der Waals surface area contributed by atoms with Gasteiger partial charge in [-0.1, -0.05) is 37.8 Å². The lowest BCUT2D eigenvalue weighted by atomic mass is 9.79. The van der Waals surface area contributed by atoms with Crippen molar-refractivity contribution in [3.63, 3.8) is 0 Å². The van der Waals surface area contributed by atoms with Gasteiger partial charge in [0.05, 0.1) is 11.8 Å². The van der Waals surface area contributed by atoms with Crippen molar-refractivity contribution in [1.29, 1.82) is 0 Å². The molecule has 1 rings (SSSR count). The molecule has 1 saturated carbocycles. The Morgan fingerprint density at radius 3 is 2.54 bits per heavy atom. The maximum atomic E-state index is 12.6. The third-order valence-corrected chi connectivity index (χ3v) is 5.50. The summed E-state index contributed by atoms with van der Waals surface area (Å²) in [5.74, 6) is 0.732. The SMILES string of the molecule is C=CCCCC(C)C(=O)NC(CC1CCC1)C(CS(=O)O)=C(C)C. The second-order valence-electron chi connectivity index (χ2n) is 7.21. The van der Waals surface area contributed by atoms with Gasteiger partial charge in [-0.25, -0.2) is 4.21 Å². The lowest BCUT2D eigenvalue weighted by molar-refractivity contribution is -0.125. The molecule has 0 aromatic carbocycles. The first kappa shape index (κ1) is 21.1. The molecule has 0 aliphatic heterocycles. The molecule has 24 heavy (non-hydrogen) atoms. The minimum absolute atomic E-state index is 0.0471. The maximum Gasteiger partial charge on any atom is 0.223 e. The number of hydrogen-bond donors (Lipinski definition) is 2. The summed E-state index contributed by atoms with van der Waals surface area (Å²) in [5, 5.41) is 3.16. The fraction of sp³-hybridized carbons (Fsp3) is 0.737. The van der Waals surface area contributed by atoms with Crippen molar-refractivity contribution in [2.24, 2.45) is 11.8 Å². The third kappa shape index (κ3) is 7.31. The molecule has 3 unspecified atom stereocenters. The highest BCUT2D eigenvalue weighted by atomic mass is 32.2. The van der Waals surface area contributed by atoms with Gasteiger partial charge < -0.3 is 9.87 Å². The molecule has 1 amide bonds. The van der Waals surface area contributed by atoms with E-state index < -0.39 is 11.1 Å². The number of carbonyl (C=O) groups is 1. The summed E-state index contributed by atoms with van der Waals surface area (Å²) in [6.45, 7) is 9.57. The van der Waals surface area contributed by atoms with Crippen molar-refractivity contribution in [2.45, 2.75) is 71.8 Å². The van der Waals surface area contributed by atoms with Crippen LogP contribution in [-0.4, -0.2) is 26.5 Å². The standard InChI is InChI=1S/C19H33NO3S/c1-5-6-7-9-15(4)19(21)20-18(12-16-10-8-11-16)17(14(2)3)13-24(22)23/h5,15-16,18H,1,6-13H2,2-4H3,(H,20,21)(H,22,23). The van der Waals surface area contributed by atoms with Crippen molar-refractivity contribution in [3.05, 3.63) is 23.8 Å². The Labute approximate surface area is 149 Å². The number of allylic oxidation sites excluding steroid dienone is 2. The van der Waals surface area contributed by atoms with Crippen molar-refractivity contribution in [2.75, 3.05) is 5.75 Å². The van der Waals surface area contributed by atoms with E-state index in [-0.39, 0.29) is 23.6 Å². The molecular formula is C19H33NO3S. The quantitative estimate of drug-likeness (QED) is 0.331. The zero-order valence-corrected chi connectivity index (χ0v) is 16.2. The second kappa shape index (κ2) is 10.8. The first-order chi connectivity index (χ1) is 11.3. The minimum Gasteiger partial charge on any atom is -0.349 e. The first-order valence-electron chi connectivity index (χ1n) is 9.00. The summed E-state index contributed by atoms with van der Waals surface area (Å²) in [6, 6.07) is -0.120. The van der Waals surface area contributed by atoms with Gasteiger partial charge in [-0.3, -0.25) is 4.79 Å². The Morgan fingerprint density at radius 1 is 1.42 bits per heavy atom. The van der Waals surface area contributed by atoms with Crippen LogP contribution in [0.2, 0.25) is 0 Å². The van der Waals surface area contributed by atoms with Gasteiger partial charge in [-0.05, 0) is 51.0 Å². The topological polar surface area (TPSA) is 66.4 Å². The molecule has 0 aromatic heterocycles. The zero-order valence-electron chi connectivity index (χ0n) is 15.3. The molecule has 0 saturated heterocycles. The average molecular weight is 356 g/mol. The second-order valence-corrected chi connectivity index (χ2v) is 8.14. The summed E-state index contributed by atoms with van der Waals surface area (Å²) in [4.78, 5) is 12.6. The van der Waals surface area contributed by atoms with E-state index in [0.717, 1.165) is 36.8 Å².